The van der Waals surface area contributed by atoms with Crippen LogP contribution < -0.4 is 10.6 Å². The van der Waals surface area contributed by atoms with Gasteiger partial charge in [0.1, 0.15) is 5.00 Å². The quantitative estimate of drug-likeness (QED) is 0.780. The van der Waals surface area contributed by atoms with E-state index >= 15 is 0 Å². The van der Waals surface area contributed by atoms with Gasteiger partial charge in [-0.25, -0.2) is 4.79 Å². The molecule has 7 nitrogen and oxygen atoms in total. The number of carbonyl (C=O) groups excluding carboxylic acids is 1. The van der Waals surface area contributed by atoms with Crippen LogP contribution in [0.25, 0.3) is 0 Å². The minimum Gasteiger partial charge on any atom is -0.481 e. The number of hydrogen-bond acceptors (Lipinski definition) is 5. The van der Waals surface area contributed by atoms with Crippen LogP contribution in [0.2, 0.25) is 0 Å². The Bertz CT molecular complexity index is 574. The minimum atomic E-state index is -0.987. The van der Waals surface area contributed by atoms with Crippen molar-refractivity contribution in [2.45, 2.75) is 12.5 Å². The van der Waals surface area contributed by atoms with Crippen molar-refractivity contribution in [3.8, 4) is 0 Å². The molecule has 20 heavy (non-hydrogen) atoms. The summed E-state index contributed by atoms with van der Waals surface area (Å²) in [5.74, 6) is -0.987. The number of aromatic nitrogens is 2. The SMILES string of the molecule is O=C(O)CC(NC(=O)Nc1cnns1)c1ccccc1. The second-order valence-corrected chi connectivity index (χ2v) is 4.73. The average molecular weight is 292 g/mol. The highest BCUT2D eigenvalue weighted by Crippen LogP contribution is 2.17. The third-order valence-electron chi connectivity index (χ3n) is 2.48. The topological polar surface area (TPSA) is 104 Å². The maximum Gasteiger partial charge on any atom is 0.320 e. The van der Waals surface area contributed by atoms with Gasteiger partial charge in [-0.2, -0.15) is 0 Å². The molecule has 0 saturated heterocycles. The first-order chi connectivity index (χ1) is 9.65. The summed E-state index contributed by atoms with van der Waals surface area (Å²) in [5.41, 5.74) is 0.729. The highest BCUT2D eigenvalue weighted by atomic mass is 32.1. The van der Waals surface area contributed by atoms with Crippen LogP contribution >= 0.6 is 11.5 Å². The molecule has 0 fully saturated rings. The van der Waals surface area contributed by atoms with Crippen molar-refractivity contribution in [2.24, 2.45) is 0 Å². The average Bonchev–Trinajstić information content (AvgIpc) is 2.91. The van der Waals surface area contributed by atoms with Gasteiger partial charge in [-0.05, 0) is 5.56 Å². The molecular formula is C12H12N4O3S. The van der Waals surface area contributed by atoms with Crippen molar-refractivity contribution in [3.05, 3.63) is 42.1 Å². The van der Waals surface area contributed by atoms with Crippen molar-refractivity contribution in [3.63, 3.8) is 0 Å². The molecule has 1 aromatic heterocycles. The lowest BCUT2D eigenvalue weighted by atomic mass is 10.0. The predicted octanol–water partition coefficient (Wildman–Crippen LogP) is 1.88. The van der Waals surface area contributed by atoms with Gasteiger partial charge >= 0.3 is 12.0 Å². The number of nitrogens with zero attached hydrogens (tertiary/aromatic N) is 2. The molecule has 2 aromatic rings. The van der Waals surface area contributed by atoms with Crippen molar-refractivity contribution in [1.82, 2.24) is 14.9 Å². The van der Waals surface area contributed by atoms with Crippen molar-refractivity contribution >= 4 is 28.5 Å². The van der Waals surface area contributed by atoms with E-state index in [0.717, 1.165) is 17.1 Å². The van der Waals surface area contributed by atoms with E-state index in [2.05, 4.69) is 20.2 Å². The summed E-state index contributed by atoms with van der Waals surface area (Å²) in [6.45, 7) is 0. The number of hydrogen-bond donors (Lipinski definition) is 3. The first-order valence-corrected chi connectivity index (χ1v) is 6.54. The van der Waals surface area contributed by atoms with Crippen molar-refractivity contribution < 1.29 is 14.7 Å². The second kappa shape index (κ2) is 6.62. The van der Waals surface area contributed by atoms with E-state index in [1.165, 1.54) is 6.20 Å². The van der Waals surface area contributed by atoms with Gasteiger partial charge < -0.3 is 10.4 Å². The smallest absolute Gasteiger partial charge is 0.320 e. The highest BCUT2D eigenvalue weighted by Gasteiger charge is 2.18. The number of urea groups is 1. The summed E-state index contributed by atoms with van der Waals surface area (Å²) in [6, 6.07) is 7.84. The fraction of sp³-hybridized carbons (Fsp3) is 0.167. The van der Waals surface area contributed by atoms with Gasteiger partial charge in [-0.3, -0.25) is 10.1 Å². The fourth-order valence-corrected chi connectivity index (χ4v) is 2.06. The molecule has 1 atom stereocenters. The Labute approximate surface area is 118 Å². The van der Waals surface area contributed by atoms with Crippen LogP contribution in [-0.4, -0.2) is 26.7 Å². The molecular weight excluding hydrogens is 280 g/mol. The zero-order valence-electron chi connectivity index (χ0n) is 10.3. The summed E-state index contributed by atoms with van der Waals surface area (Å²) in [4.78, 5) is 22.7. The fourth-order valence-electron chi connectivity index (χ4n) is 1.64. The van der Waals surface area contributed by atoms with Gasteiger partial charge in [0.05, 0.1) is 18.7 Å². The summed E-state index contributed by atoms with van der Waals surface area (Å²) < 4.78 is 3.62. The molecule has 2 rings (SSSR count). The van der Waals surface area contributed by atoms with E-state index in [1.54, 1.807) is 24.3 Å². The molecule has 2 amide bonds. The molecule has 0 bridgehead atoms. The number of amides is 2. The van der Waals surface area contributed by atoms with Gasteiger partial charge in [0, 0.05) is 11.5 Å². The van der Waals surface area contributed by atoms with Crippen LogP contribution in [0.5, 0.6) is 0 Å². The first-order valence-electron chi connectivity index (χ1n) is 5.77. The lowest BCUT2D eigenvalue weighted by molar-refractivity contribution is -0.137. The van der Waals surface area contributed by atoms with Crippen LogP contribution in [-0.2, 0) is 4.79 Å². The number of carboxylic acid groups (broad SMARTS) is 1. The van der Waals surface area contributed by atoms with Crippen molar-refractivity contribution in [1.29, 1.82) is 0 Å². The summed E-state index contributed by atoms with van der Waals surface area (Å²) in [7, 11) is 0. The monoisotopic (exact) mass is 292 g/mol. The molecule has 8 heteroatoms. The molecule has 0 radical (unpaired) electrons. The molecule has 0 spiro atoms. The molecule has 1 aromatic carbocycles. The second-order valence-electron chi connectivity index (χ2n) is 3.94. The van der Waals surface area contributed by atoms with Gasteiger partial charge in [0.15, 0.2) is 0 Å². The van der Waals surface area contributed by atoms with E-state index < -0.39 is 18.0 Å². The van der Waals surface area contributed by atoms with E-state index in [4.69, 9.17) is 5.11 Å². The molecule has 3 N–H and O–H groups in total. The number of benzene rings is 1. The van der Waals surface area contributed by atoms with Crippen LogP contribution in [0.1, 0.15) is 18.0 Å². The third-order valence-corrected chi connectivity index (χ3v) is 3.06. The van der Waals surface area contributed by atoms with Crippen LogP contribution in [0.3, 0.4) is 0 Å². The number of anilines is 1. The third kappa shape index (κ3) is 4.02. The molecule has 104 valence electrons. The van der Waals surface area contributed by atoms with Crippen LogP contribution in [0, 0.1) is 0 Å². The van der Waals surface area contributed by atoms with E-state index in [-0.39, 0.29) is 6.42 Å². The number of carbonyl (C=O) groups is 2. The number of carboxylic acids is 1. The van der Waals surface area contributed by atoms with E-state index in [1.807, 2.05) is 6.07 Å². The lowest BCUT2D eigenvalue weighted by Crippen LogP contribution is -2.33. The lowest BCUT2D eigenvalue weighted by Gasteiger charge is -2.17. The molecule has 0 aliphatic rings. The van der Waals surface area contributed by atoms with Gasteiger partial charge in [0.25, 0.3) is 0 Å². The maximum absolute atomic E-state index is 11.8. The Balaban J connectivity index is 2.04. The summed E-state index contributed by atoms with van der Waals surface area (Å²) in [5, 5.41) is 18.2. The molecule has 1 heterocycles. The van der Waals surface area contributed by atoms with E-state index in [9.17, 15) is 9.59 Å². The van der Waals surface area contributed by atoms with Crippen LogP contribution in [0.4, 0.5) is 9.80 Å². The molecule has 0 aliphatic heterocycles. The van der Waals surface area contributed by atoms with Crippen molar-refractivity contribution in [2.75, 3.05) is 5.32 Å². The Morgan fingerprint density at radius 2 is 2.05 bits per heavy atom. The molecule has 0 aliphatic carbocycles. The van der Waals surface area contributed by atoms with E-state index in [0.29, 0.717) is 5.00 Å². The molecule has 1 unspecified atom stereocenters. The standard InChI is InChI=1S/C12H12N4O3S/c17-11(18)6-9(8-4-2-1-3-5-8)14-12(19)15-10-7-13-16-20-10/h1-5,7,9H,6H2,(H,17,18)(H2,14,15,19). The Morgan fingerprint density at radius 1 is 1.30 bits per heavy atom. The highest BCUT2D eigenvalue weighted by molar-refractivity contribution is 7.10. The number of nitrogens with one attached hydrogen (secondary N) is 2. The maximum atomic E-state index is 11.8. The Kier molecular flexibility index (Phi) is 4.61. The number of aliphatic carboxylic acids is 1. The summed E-state index contributed by atoms with van der Waals surface area (Å²) >= 11 is 1.04. The summed E-state index contributed by atoms with van der Waals surface area (Å²) in [6.07, 6.45) is 1.22. The normalized spacial score (nSPS) is 11.6. The Hall–Kier alpha value is -2.48. The first kappa shape index (κ1) is 13.9. The minimum absolute atomic E-state index is 0.196. The Morgan fingerprint density at radius 3 is 2.65 bits per heavy atom. The molecule has 0 saturated carbocycles. The van der Waals surface area contributed by atoms with Gasteiger partial charge in [0.2, 0.25) is 0 Å². The van der Waals surface area contributed by atoms with Crippen LogP contribution in [0.15, 0.2) is 36.5 Å². The zero-order valence-corrected chi connectivity index (χ0v) is 11.1. The predicted molar refractivity (Wildman–Crippen MR) is 73.5 cm³/mol. The van der Waals surface area contributed by atoms with Gasteiger partial charge in [-0.1, -0.05) is 34.8 Å². The van der Waals surface area contributed by atoms with Gasteiger partial charge in [-0.15, -0.1) is 5.10 Å². The zero-order chi connectivity index (χ0) is 14.4. The number of rotatable bonds is 5. The largest absolute Gasteiger partial charge is 0.481 e.